The Morgan fingerprint density at radius 2 is 1.58 bits per heavy atom. The minimum atomic E-state index is -1.19. The van der Waals surface area contributed by atoms with Crippen LogP contribution in [0.1, 0.15) is 66.2 Å². The molecule has 0 amide bonds. The van der Waals surface area contributed by atoms with Gasteiger partial charge in [-0.2, -0.15) is 0 Å². The van der Waals surface area contributed by atoms with Crippen LogP contribution in [0, 0.1) is 11.8 Å². The fraction of sp³-hybridized carbons (Fsp3) is 0.920. The van der Waals surface area contributed by atoms with Gasteiger partial charge in [0, 0.05) is 32.7 Å². The van der Waals surface area contributed by atoms with E-state index >= 15 is 0 Å². The van der Waals surface area contributed by atoms with Crippen LogP contribution in [-0.2, 0) is 23.8 Å². The minimum Gasteiger partial charge on any atom is -0.466 e. The molecule has 3 aliphatic rings. The number of ether oxygens (including phenoxy) is 3. The zero-order valence-corrected chi connectivity index (χ0v) is 21.6. The maximum absolute atomic E-state index is 13.8. The van der Waals surface area contributed by atoms with Crippen molar-refractivity contribution in [2.24, 2.45) is 11.8 Å². The van der Waals surface area contributed by atoms with Gasteiger partial charge in [-0.3, -0.25) is 14.6 Å². The van der Waals surface area contributed by atoms with Crippen LogP contribution in [0.5, 0.6) is 0 Å². The van der Waals surface area contributed by atoms with Crippen molar-refractivity contribution in [2.45, 2.75) is 83.8 Å². The normalized spacial score (nSPS) is 27.2. The summed E-state index contributed by atoms with van der Waals surface area (Å²) < 4.78 is 18.0. The SMILES string of the molecule is CCOC(=O)C1CCC(OC(C(=O)OC(C)(C)C)(N2CCCC2)N2CC(CN(C)C)C2)CC1. The van der Waals surface area contributed by atoms with E-state index in [1.807, 2.05) is 27.7 Å². The molecule has 1 unspecified atom stereocenters. The zero-order valence-electron chi connectivity index (χ0n) is 21.6. The predicted octanol–water partition coefficient (Wildman–Crippen LogP) is 2.71. The lowest BCUT2D eigenvalue weighted by molar-refractivity contribution is -0.294. The molecule has 1 atom stereocenters. The van der Waals surface area contributed by atoms with Gasteiger partial charge in [0.25, 0.3) is 5.85 Å². The molecule has 8 nitrogen and oxygen atoms in total. The molecule has 1 aliphatic carbocycles. The Bertz CT molecular complexity index is 659. The summed E-state index contributed by atoms with van der Waals surface area (Å²) in [6, 6.07) is 0. The summed E-state index contributed by atoms with van der Waals surface area (Å²) in [5.74, 6) is -1.15. The first-order valence-corrected chi connectivity index (χ1v) is 12.8. The molecular weight excluding hydrogens is 422 g/mol. The molecule has 33 heavy (non-hydrogen) atoms. The number of hydrogen-bond acceptors (Lipinski definition) is 8. The van der Waals surface area contributed by atoms with E-state index in [9.17, 15) is 9.59 Å². The second-order valence-electron chi connectivity index (χ2n) is 11.2. The number of rotatable bonds is 9. The molecule has 2 saturated heterocycles. The molecule has 2 aliphatic heterocycles. The Morgan fingerprint density at radius 3 is 2.09 bits per heavy atom. The fourth-order valence-electron chi connectivity index (χ4n) is 5.38. The van der Waals surface area contributed by atoms with Crippen molar-refractivity contribution in [1.82, 2.24) is 14.7 Å². The largest absolute Gasteiger partial charge is 0.466 e. The molecule has 0 aromatic carbocycles. The molecule has 0 aromatic heterocycles. The molecule has 190 valence electrons. The van der Waals surface area contributed by atoms with Gasteiger partial charge in [-0.1, -0.05) is 0 Å². The number of hydrogen-bond donors (Lipinski definition) is 0. The van der Waals surface area contributed by atoms with Gasteiger partial charge < -0.3 is 19.1 Å². The van der Waals surface area contributed by atoms with E-state index < -0.39 is 11.4 Å². The molecule has 2 heterocycles. The summed E-state index contributed by atoms with van der Waals surface area (Å²) in [6.07, 6.45) is 4.98. The van der Waals surface area contributed by atoms with Gasteiger partial charge in [-0.25, -0.2) is 4.79 Å². The Balaban J connectivity index is 1.80. The van der Waals surface area contributed by atoms with Crippen molar-refractivity contribution < 1.29 is 23.8 Å². The summed E-state index contributed by atoms with van der Waals surface area (Å²) in [7, 11) is 4.17. The van der Waals surface area contributed by atoms with Gasteiger partial charge >= 0.3 is 11.9 Å². The average Bonchev–Trinajstić information content (AvgIpc) is 3.23. The first-order chi connectivity index (χ1) is 15.5. The van der Waals surface area contributed by atoms with E-state index in [0.29, 0.717) is 12.5 Å². The zero-order chi connectivity index (χ0) is 24.2. The van der Waals surface area contributed by atoms with Crippen LogP contribution in [-0.4, -0.2) is 97.6 Å². The first-order valence-electron chi connectivity index (χ1n) is 12.8. The van der Waals surface area contributed by atoms with Crippen molar-refractivity contribution in [2.75, 3.05) is 53.4 Å². The maximum Gasteiger partial charge on any atom is 0.371 e. The number of nitrogens with zero attached hydrogens (tertiary/aromatic N) is 3. The summed E-state index contributed by atoms with van der Waals surface area (Å²) in [5.41, 5.74) is -0.596. The van der Waals surface area contributed by atoms with Gasteiger partial charge in [0.15, 0.2) is 0 Å². The molecule has 0 radical (unpaired) electrons. The number of carbonyl (C=O) groups excluding carboxylic acids is 2. The smallest absolute Gasteiger partial charge is 0.371 e. The highest BCUT2D eigenvalue weighted by molar-refractivity contribution is 5.79. The van der Waals surface area contributed by atoms with E-state index in [4.69, 9.17) is 14.2 Å². The Kier molecular flexibility index (Phi) is 8.81. The van der Waals surface area contributed by atoms with Gasteiger partial charge in [0.2, 0.25) is 0 Å². The van der Waals surface area contributed by atoms with Gasteiger partial charge in [-0.05, 0) is 86.2 Å². The van der Waals surface area contributed by atoms with Gasteiger partial charge in [0.05, 0.1) is 18.6 Å². The molecule has 1 saturated carbocycles. The Labute approximate surface area is 199 Å². The van der Waals surface area contributed by atoms with E-state index in [-0.39, 0.29) is 24.0 Å². The highest BCUT2D eigenvalue weighted by atomic mass is 16.6. The summed E-state index contributed by atoms with van der Waals surface area (Å²) in [5, 5.41) is 0. The van der Waals surface area contributed by atoms with E-state index in [1.54, 1.807) is 0 Å². The monoisotopic (exact) mass is 467 g/mol. The van der Waals surface area contributed by atoms with Crippen molar-refractivity contribution >= 4 is 11.9 Å². The predicted molar refractivity (Wildman–Crippen MR) is 126 cm³/mol. The Hall–Kier alpha value is -1.22. The van der Waals surface area contributed by atoms with Crippen LogP contribution < -0.4 is 0 Å². The summed E-state index contributed by atoms with van der Waals surface area (Å²) in [6.45, 7) is 12.3. The number of likely N-dealkylation sites (tertiary alicyclic amines) is 2. The fourth-order valence-corrected chi connectivity index (χ4v) is 5.38. The van der Waals surface area contributed by atoms with Crippen molar-refractivity contribution in [3.05, 3.63) is 0 Å². The van der Waals surface area contributed by atoms with Crippen LogP contribution in [0.3, 0.4) is 0 Å². The number of carbonyl (C=O) groups is 2. The molecule has 0 spiro atoms. The third-order valence-electron chi connectivity index (χ3n) is 6.83. The standard InChI is InChI=1S/C25H45N3O5/c1-7-31-22(29)20-10-12-21(13-11-20)32-25(27-14-8-9-15-27,23(30)33-24(2,3)4)28-17-19(18-28)16-26(5)6/h19-21H,7-18H2,1-6H3. The second kappa shape index (κ2) is 11.0. The molecule has 3 rings (SSSR count). The van der Waals surface area contributed by atoms with Gasteiger partial charge in [-0.15, -0.1) is 0 Å². The molecule has 8 heteroatoms. The van der Waals surface area contributed by atoms with Crippen LogP contribution in [0.25, 0.3) is 0 Å². The summed E-state index contributed by atoms with van der Waals surface area (Å²) in [4.78, 5) is 32.6. The second-order valence-corrected chi connectivity index (χ2v) is 11.2. The lowest BCUT2D eigenvalue weighted by Gasteiger charge is -2.55. The quantitative estimate of drug-likeness (QED) is 0.480. The Morgan fingerprint density at radius 1 is 0.970 bits per heavy atom. The third kappa shape index (κ3) is 6.47. The topological polar surface area (TPSA) is 71.5 Å². The third-order valence-corrected chi connectivity index (χ3v) is 6.83. The van der Waals surface area contributed by atoms with Crippen LogP contribution in [0.2, 0.25) is 0 Å². The van der Waals surface area contributed by atoms with E-state index in [1.165, 1.54) is 0 Å². The van der Waals surface area contributed by atoms with Crippen molar-refractivity contribution in [3.63, 3.8) is 0 Å². The molecule has 0 N–H and O–H groups in total. The van der Waals surface area contributed by atoms with Crippen molar-refractivity contribution in [3.8, 4) is 0 Å². The average molecular weight is 468 g/mol. The highest BCUT2D eigenvalue weighted by Crippen LogP contribution is 2.39. The van der Waals surface area contributed by atoms with Crippen LogP contribution in [0.15, 0.2) is 0 Å². The minimum absolute atomic E-state index is 0.0685. The lowest BCUT2D eigenvalue weighted by Crippen LogP contribution is -2.74. The lowest BCUT2D eigenvalue weighted by atomic mass is 9.87. The highest BCUT2D eigenvalue weighted by Gasteiger charge is 2.58. The first kappa shape index (κ1) is 26.4. The van der Waals surface area contributed by atoms with Crippen molar-refractivity contribution in [1.29, 1.82) is 0 Å². The maximum atomic E-state index is 13.8. The molecule has 3 fully saturated rings. The van der Waals surface area contributed by atoms with Crippen LogP contribution in [0.4, 0.5) is 0 Å². The van der Waals surface area contributed by atoms with Crippen LogP contribution >= 0.6 is 0 Å². The molecular formula is C25H45N3O5. The number of esters is 2. The van der Waals surface area contributed by atoms with Gasteiger partial charge in [0.1, 0.15) is 5.60 Å². The van der Waals surface area contributed by atoms with E-state index in [2.05, 4.69) is 28.8 Å². The van der Waals surface area contributed by atoms with E-state index in [0.717, 1.165) is 71.2 Å². The molecule has 0 bridgehead atoms. The molecule has 0 aromatic rings. The summed E-state index contributed by atoms with van der Waals surface area (Å²) >= 11 is 0.